The maximum Gasteiger partial charge on any atom is 0.332 e. The van der Waals surface area contributed by atoms with E-state index < -0.39 is 23.1 Å². The highest BCUT2D eigenvalue weighted by Crippen LogP contribution is 2.22. The lowest BCUT2D eigenvalue weighted by Crippen LogP contribution is -2.42. The number of aromatic nitrogens is 3. The monoisotopic (exact) mass is 413 g/mol. The minimum Gasteiger partial charge on any atom is -0.497 e. The minimum absolute atomic E-state index is 0.0294. The van der Waals surface area contributed by atoms with Crippen molar-refractivity contribution in [2.24, 2.45) is 14.1 Å². The molecule has 0 saturated carbocycles. The predicted molar refractivity (Wildman–Crippen MR) is 107 cm³/mol. The second kappa shape index (κ2) is 8.07. The molecule has 11 nitrogen and oxygen atoms in total. The molecule has 2 aromatic heterocycles. The Morgan fingerprint density at radius 3 is 2.00 bits per heavy atom. The fraction of sp³-hybridized carbons (Fsp3) is 0.211. The summed E-state index contributed by atoms with van der Waals surface area (Å²) < 4.78 is 12.3. The van der Waals surface area contributed by atoms with Crippen molar-refractivity contribution in [1.29, 1.82) is 0 Å². The smallest absolute Gasteiger partial charge is 0.332 e. The summed E-state index contributed by atoms with van der Waals surface area (Å²) in [5.41, 5.74) is 3.80. The van der Waals surface area contributed by atoms with Crippen LogP contribution in [-0.2, 0) is 14.1 Å². The van der Waals surface area contributed by atoms with Crippen LogP contribution in [0.2, 0.25) is 0 Å². The van der Waals surface area contributed by atoms with Gasteiger partial charge in [-0.2, -0.15) is 0 Å². The van der Waals surface area contributed by atoms with Crippen molar-refractivity contribution < 1.29 is 19.1 Å². The first kappa shape index (κ1) is 20.6. The summed E-state index contributed by atoms with van der Waals surface area (Å²) in [7, 11) is 5.70. The highest BCUT2D eigenvalue weighted by atomic mass is 16.5. The van der Waals surface area contributed by atoms with Gasteiger partial charge in [-0.05, 0) is 18.2 Å². The normalized spacial score (nSPS) is 10.5. The van der Waals surface area contributed by atoms with Crippen LogP contribution in [0.3, 0.4) is 0 Å². The van der Waals surface area contributed by atoms with Gasteiger partial charge in [-0.15, -0.1) is 0 Å². The molecule has 0 unspecified atom stereocenters. The first-order valence-corrected chi connectivity index (χ1v) is 8.66. The third kappa shape index (κ3) is 3.72. The summed E-state index contributed by atoms with van der Waals surface area (Å²) in [6.45, 7) is 0. The third-order valence-electron chi connectivity index (χ3n) is 4.46. The summed E-state index contributed by atoms with van der Waals surface area (Å²) in [5, 5.41) is 0.0936. The molecular weight excluding hydrogens is 394 g/mol. The van der Waals surface area contributed by atoms with Crippen LogP contribution in [0.5, 0.6) is 11.5 Å². The number of ether oxygens (including phenoxy) is 2. The zero-order chi connectivity index (χ0) is 22.0. The maximum atomic E-state index is 12.4. The van der Waals surface area contributed by atoms with Crippen molar-refractivity contribution in [1.82, 2.24) is 25.0 Å². The van der Waals surface area contributed by atoms with E-state index in [-0.39, 0.29) is 22.2 Å². The second-order valence-electron chi connectivity index (χ2n) is 6.31. The Labute approximate surface area is 169 Å². The number of benzene rings is 1. The molecule has 3 aromatic rings. The Bertz CT molecular complexity index is 1250. The number of hydrogen-bond donors (Lipinski definition) is 2. The van der Waals surface area contributed by atoms with Crippen molar-refractivity contribution in [3.05, 3.63) is 62.4 Å². The van der Waals surface area contributed by atoms with Crippen molar-refractivity contribution in [2.75, 3.05) is 14.2 Å². The molecule has 0 aliphatic heterocycles. The Morgan fingerprint density at radius 2 is 1.43 bits per heavy atom. The number of amides is 2. The average Bonchev–Trinajstić information content (AvgIpc) is 2.78. The number of aryl methyl sites for hydroxylation is 1. The Hall–Kier alpha value is -4.15. The molecule has 0 aliphatic carbocycles. The number of methoxy groups -OCH3 is 2. The van der Waals surface area contributed by atoms with Crippen LogP contribution in [0, 0.1) is 0 Å². The Balaban J connectivity index is 1.83. The van der Waals surface area contributed by atoms with E-state index in [0.29, 0.717) is 11.5 Å². The van der Waals surface area contributed by atoms with Crippen molar-refractivity contribution in [3.8, 4) is 11.5 Å². The van der Waals surface area contributed by atoms with Gasteiger partial charge in [0.1, 0.15) is 17.1 Å². The van der Waals surface area contributed by atoms with Crippen molar-refractivity contribution in [2.45, 2.75) is 0 Å². The number of fused-ring (bicyclic) bond motifs is 1. The van der Waals surface area contributed by atoms with Crippen LogP contribution in [-0.4, -0.2) is 40.2 Å². The zero-order valence-electron chi connectivity index (χ0n) is 16.7. The summed E-state index contributed by atoms with van der Waals surface area (Å²) >= 11 is 0. The lowest BCUT2D eigenvalue weighted by atomic mass is 10.2. The molecule has 1 aromatic carbocycles. The number of pyridine rings is 1. The van der Waals surface area contributed by atoms with E-state index in [9.17, 15) is 19.2 Å². The predicted octanol–water partition coefficient (Wildman–Crippen LogP) is -0.276. The average molecular weight is 413 g/mol. The van der Waals surface area contributed by atoms with E-state index in [1.165, 1.54) is 57.3 Å². The lowest BCUT2D eigenvalue weighted by molar-refractivity contribution is 0.0846. The number of carbonyl (C=O) groups is 2. The van der Waals surface area contributed by atoms with Crippen LogP contribution >= 0.6 is 0 Å². The summed E-state index contributed by atoms with van der Waals surface area (Å²) in [5.74, 6) is -0.479. The van der Waals surface area contributed by atoms with Gasteiger partial charge in [0, 0.05) is 31.9 Å². The number of carbonyl (C=O) groups excluding carboxylic acids is 2. The van der Waals surface area contributed by atoms with Gasteiger partial charge in [-0.25, -0.2) is 9.78 Å². The topological polar surface area (TPSA) is 134 Å². The minimum atomic E-state index is -0.691. The molecular formula is C19H19N5O6. The molecule has 2 N–H and O–H groups in total. The van der Waals surface area contributed by atoms with Gasteiger partial charge in [0.15, 0.2) is 0 Å². The van der Waals surface area contributed by atoms with Gasteiger partial charge in [-0.1, -0.05) is 0 Å². The Kier molecular flexibility index (Phi) is 5.54. The molecule has 0 spiro atoms. The van der Waals surface area contributed by atoms with Crippen molar-refractivity contribution >= 4 is 22.8 Å². The molecule has 2 heterocycles. The number of nitrogens with one attached hydrogen (secondary N) is 2. The number of hydrogen-bond acceptors (Lipinski definition) is 7. The van der Waals surface area contributed by atoms with E-state index in [4.69, 9.17) is 9.47 Å². The molecule has 0 saturated heterocycles. The van der Waals surface area contributed by atoms with Crippen LogP contribution < -0.4 is 31.6 Å². The third-order valence-corrected chi connectivity index (χ3v) is 4.46. The summed E-state index contributed by atoms with van der Waals surface area (Å²) in [6, 6.07) is 5.86. The van der Waals surface area contributed by atoms with Crippen LogP contribution in [0.4, 0.5) is 0 Å². The molecule has 30 heavy (non-hydrogen) atoms. The molecule has 3 rings (SSSR count). The fourth-order valence-corrected chi connectivity index (χ4v) is 2.79. The number of nitrogens with zero attached hydrogens (tertiary/aromatic N) is 3. The highest BCUT2D eigenvalue weighted by molar-refractivity contribution is 6.00. The van der Waals surface area contributed by atoms with Gasteiger partial charge in [-0.3, -0.25) is 34.4 Å². The standard InChI is InChI=1S/C19H19N5O6/c1-23-15-14(18(27)24(2)19(23)28)7-11(9-20-15)17(26)22-21-16(25)10-5-12(29-3)8-13(6-10)30-4/h5-9H,1-4H3,(H,21,25)(H,22,26). The molecule has 156 valence electrons. The fourth-order valence-electron chi connectivity index (χ4n) is 2.79. The van der Waals surface area contributed by atoms with E-state index in [1.54, 1.807) is 6.07 Å². The van der Waals surface area contributed by atoms with Crippen LogP contribution in [0.15, 0.2) is 40.1 Å². The summed E-state index contributed by atoms with van der Waals surface area (Å²) in [6.07, 6.45) is 1.21. The first-order chi connectivity index (χ1) is 14.3. The zero-order valence-corrected chi connectivity index (χ0v) is 16.7. The molecule has 0 bridgehead atoms. The number of rotatable bonds is 4. The van der Waals surface area contributed by atoms with E-state index in [2.05, 4.69) is 15.8 Å². The molecule has 0 radical (unpaired) electrons. The van der Waals surface area contributed by atoms with Gasteiger partial charge >= 0.3 is 5.69 Å². The molecule has 0 atom stereocenters. The van der Waals surface area contributed by atoms with E-state index in [1.807, 2.05) is 0 Å². The second-order valence-corrected chi connectivity index (χ2v) is 6.31. The van der Waals surface area contributed by atoms with E-state index >= 15 is 0 Å². The van der Waals surface area contributed by atoms with Gasteiger partial charge in [0.25, 0.3) is 17.4 Å². The summed E-state index contributed by atoms with van der Waals surface area (Å²) in [4.78, 5) is 53.1. The molecule has 11 heteroatoms. The highest BCUT2D eigenvalue weighted by Gasteiger charge is 2.15. The molecule has 2 amide bonds. The van der Waals surface area contributed by atoms with Crippen LogP contribution in [0.25, 0.3) is 11.0 Å². The number of hydrazine groups is 1. The van der Waals surface area contributed by atoms with Gasteiger partial charge in [0.2, 0.25) is 0 Å². The maximum absolute atomic E-state index is 12.4. The molecule has 0 fully saturated rings. The first-order valence-electron chi connectivity index (χ1n) is 8.66. The van der Waals surface area contributed by atoms with E-state index in [0.717, 1.165) is 4.57 Å². The quantitative estimate of drug-likeness (QED) is 0.562. The Morgan fingerprint density at radius 1 is 0.867 bits per heavy atom. The van der Waals surface area contributed by atoms with Gasteiger partial charge < -0.3 is 9.47 Å². The SMILES string of the molecule is COc1cc(OC)cc(C(=O)NNC(=O)c2cnc3c(c2)c(=O)n(C)c(=O)n3C)c1. The van der Waals surface area contributed by atoms with Gasteiger partial charge in [0.05, 0.1) is 25.2 Å². The molecule has 0 aliphatic rings. The van der Waals surface area contributed by atoms with Crippen molar-refractivity contribution in [3.63, 3.8) is 0 Å². The lowest BCUT2D eigenvalue weighted by Gasteiger charge is -2.11. The largest absolute Gasteiger partial charge is 0.497 e. The van der Waals surface area contributed by atoms with Crippen LogP contribution in [0.1, 0.15) is 20.7 Å².